The average Bonchev–Trinajstić information content (AvgIpc) is 3.21. The van der Waals surface area contributed by atoms with E-state index < -0.39 is 10.8 Å². The van der Waals surface area contributed by atoms with Crippen molar-refractivity contribution in [3.8, 4) is 5.69 Å². The molecule has 0 aliphatic heterocycles. The molecule has 1 atom stereocenters. The third-order valence-corrected chi connectivity index (χ3v) is 4.58. The third-order valence-electron chi connectivity index (χ3n) is 4.35. The van der Waals surface area contributed by atoms with Gasteiger partial charge in [0.2, 0.25) is 0 Å². The number of hydrogen-bond donors (Lipinski definition) is 0. The highest BCUT2D eigenvalue weighted by Gasteiger charge is 2.26. The van der Waals surface area contributed by atoms with Crippen LogP contribution in [0.2, 0.25) is 5.02 Å². The lowest BCUT2D eigenvalue weighted by Gasteiger charge is -2.25. The van der Waals surface area contributed by atoms with Crippen LogP contribution >= 0.6 is 11.6 Å². The van der Waals surface area contributed by atoms with Gasteiger partial charge in [0.25, 0.3) is 11.6 Å². The van der Waals surface area contributed by atoms with Crippen molar-refractivity contribution in [3.05, 3.63) is 81.4 Å². The van der Waals surface area contributed by atoms with E-state index in [4.69, 9.17) is 11.6 Å². The summed E-state index contributed by atoms with van der Waals surface area (Å²) in [4.78, 5) is 28.8. The Morgan fingerprint density at radius 3 is 2.56 bits per heavy atom. The van der Waals surface area contributed by atoms with Gasteiger partial charge < -0.3 is 4.90 Å². The summed E-state index contributed by atoms with van der Waals surface area (Å²) in [6.45, 7) is 1.85. The maximum Gasteiger partial charge on any atom is 0.283 e. The fourth-order valence-corrected chi connectivity index (χ4v) is 2.84. The summed E-state index contributed by atoms with van der Waals surface area (Å²) < 4.78 is 1.63. The van der Waals surface area contributed by atoms with Crippen molar-refractivity contribution < 1.29 is 9.72 Å². The molecule has 1 heterocycles. The molecule has 1 unspecified atom stereocenters. The van der Waals surface area contributed by atoms with Gasteiger partial charge in [0.05, 0.1) is 16.7 Å². The van der Waals surface area contributed by atoms with E-state index in [0.717, 1.165) is 11.3 Å². The van der Waals surface area contributed by atoms with Crippen molar-refractivity contribution in [1.82, 2.24) is 19.7 Å². The van der Waals surface area contributed by atoms with Crippen LogP contribution in [-0.4, -0.2) is 37.5 Å². The molecule has 0 N–H and O–H groups in total. The minimum Gasteiger partial charge on any atom is -0.335 e. The first-order valence-electron chi connectivity index (χ1n) is 8.04. The van der Waals surface area contributed by atoms with Gasteiger partial charge in [-0.05, 0) is 36.8 Å². The van der Waals surface area contributed by atoms with Crippen LogP contribution in [0.25, 0.3) is 5.69 Å². The molecule has 27 heavy (non-hydrogen) atoms. The average molecular weight is 386 g/mol. The monoisotopic (exact) mass is 385 g/mol. The number of nitrogens with zero attached hydrogens (tertiary/aromatic N) is 5. The van der Waals surface area contributed by atoms with E-state index in [9.17, 15) is 14.9 Å². The zero-order valence-corrected chi connectivity index (χ0v) is 15.4. The van der Waals surface area contributed by atoms with E-state index in [1.165, 1.54) is 29.4 Å². The van der Waals surface area contributed by atoms with Gasteiger partial charge >= 0.3 is 0 Å². The van der Waals surface area contributed by atoms with E-state index in [1.807, 2.05) is 31.2 Å². The van der Waals surface area contributed by atoms with E-state index in [0.29, 0.717) is 0 Å². The maximum atomic E-state index is 12.8. The topological polar surface area (TPSA) is 94.2 Å². The van der Waals surface area contributed by atoms with Gasteiger partial charge in [-0.25, -0.2) is 9.67 Å². The SMILES string of the molecule is CC(c1ccc(-n2cncn2)cc1)N(C)C(=O)c1ccc(Cl)cc1[N+](=O)[O-]. The zero-order valence-electron chi connectivity index (χ0n) is 14.6. The van der Waals surface area contributed by atoms with Crippen LogP contribution in [0.5, 0.6) is 0 Å². The first-order valence-corrected chi connectivity index (χ1v) is 8.42. The van der Waals surface area contributed by atoms with E-state index in [-0.39, 0.29) is 22.3 Å². The summed E-state index contributed by atoms with van der Waals surface area (Å²) in [6.07, 6.45) is 3.04. The lowest BCUT2D eigenvalue weighted by Crippen LogP contribution is -2.30. The van der Waals surface area contributed by atoms with Gasteiger partial charge in [0, 0.05) is 18.1 Å². The summed E-state index contributed by atoms with van der Waals surface area (Å²) >= 11 is 5.82. The summed E-state index contributed by atoms with van der Waals surface area (Å²) in [7, 11) is 1.61. The second-order valence-electron chi connectivity index (χ2n) is 5.94. The molecular weight excluding hydrogens is 370 g/mol. The molecule has 0 bridgehead atoms. The van der Waals surface area contributed by atoms with Crippen molar-refractivity contribution in [2.45, 2.75) is 13.0 Å². The lowest BCUT2D eigenvalue weighted by molar-refractivity contribution is -0.385. The quantitative estimate of drug-likeness (QED) is 0.493. The lowest BCUT2D eigenvalue weighted by atomic mass is 10.1. The maximum absolute atomic E-state index is 12.8. The van der Waals surface area contributed by atoms with Crippen LogP contribution in [0.15, 0.2) is 55.1 Å². The molecule has 0 radical (unpaired) electrons. The van der Waals surface area contributed by atoms with Crippen LogP contribution in [0.1, 0.15) is 28.9 Å². The molecule has 0 saturated heterocycles. The Kier molecular flexibility index (Phi) is 5.18. The molecule has 0 aliphatic carbocycles. The molecule has 0 spiro atoms. The number of benzene rings is 2. The minimum atomic E-state index is -0.607. The molecule has 8 nitrogen and oxygen atoms in total. The standard InChI is InChI=1S/C18H16ClN5O3/c1-12(13-3-6-15(7-4-13)23-11-20-10-21-23)22(2)18(25)16-8-5-14(19)9-17(16)24(26)27/h3-12H,1-2H3. The zero-order chi connectivity index (χ0) is 19.6. The molecule has 2 aromatic carbocycles. The van der Waals surface area contributed by atoms with Crippen LogP contribution in [0, 0.1) is 10.1 Å². The molecule has 3 rings (SSSR count). The Bertz CT molecular complexity index is 973. The highest BCUT2D eigenvalue weighted by molar-refractivity contribution is 6.31. The molecule has 0 saturated carbocycles. The first-order chi connectivity index (χ1) is 12.9. The Labute approximate surface area is 160 Å². The summed E-state index contributed by atoms with van der Waals surface area (Å²) in [5.74, 6) is -0.453. The van der Waals surface area contributed by atoms with Crippen LogP contribution in [0.4, 0.5) is 5.69 Å². The smallest absolute Gasteiger partial charge is 0.283 e. The first kappa shape index (κ1) is 18.5. The van der Waals surface area contributed by atoms with Crippen LogP contribution in [-0.2, 0) is 0 Å². The number of aromatic nitrogens is 3. The van der Waals surface area contributed by atoms with Crippen molar-refractivity contribution in [3.63, 3.8) is 0 Å². The molecule has 3 aromatic rings. The highest BCUT2D eigenvalue weighted by Crippen LogP contribution is 2.27. The van der Waals surface area contributed by atoms with E-state index in [1.54, 1.807) is 18.1 Å². The number of halogens is 1. The van der Waals surface area contributed by atoms with Gasteiger partial charge in [-0.15, -0.1) is 0 Å². The molecular formula is C18H16ClN5O3. The van der Waals surface area contributed by atoms with Crippen molar-refractivity contribution in [2.24, 2.45) is 0 Å². The van der Waals surface area contributed by atoms with Crippen LogP contribution in [0.3, 0.4) is 0 Å². The Morgan fingerprint density at radius 1 is 1.26 bits per heavy atom. The van der Waals surface area contributed by atoms with Crippen molar-refractivity contribution in [2.75, 3.05) is 7.05 Å². The molecule has 138 valence electrons. The Morgan fingerprint density at radius 2 is 1.96 bits per heavy atom. The molecule has 0 fully saturated rings. The second-order valence-corrected chi connectivity index (χ2v) is 6.38. The van der Waals surface area contributed by atoms with Crippen LogP contribution < -0.4 is 0 Å². The van der Waals surface area contributed by atoms with Gasteiger partial charge in [0.1, 0.15) is 18.2 Å². The number of amides is 1. The Hall–Kier alpha value is -3.26. The number of rotatable bonds is 5. The predicted molar refractivity (Wildman–Crippen MR) is 100.0 cm³/mol. The third kappa shape index (κ3) is 3.80. The number of nitro benzene ring substituents is 1. The molecule has 1 aromatic heterocycles. The Balaban J connectivity index is 1.84. The number of nitro groups is 1. The fourth-order valence-electron chi connectivity index (χ4n) is 2.67. The van der Waals surface area contributed by atoms with Crippen molar-refractivity contribution >= 4 is 23.2 Å². The normalized spacial score (nSPS) is 11.8. The summed E-state index contributed by atoms with van der Waals surface area (Å²) in [6, 6.07) is 11.2. The van der Waals surface area contributed by atoms with E-state index in [2.05, 4.69) is 10.1 Å². The summed E-state index contributed by atoms with van der Waals surface area (Å²) in [5.41, 5.74) is 1.41. The van der Waals surface area contributed by atoms with Gasteiger partial charge in [-0.1, -0.05) is 23.7 Å². The predicted octanol–water partition coefficient (Wildman–Crippen LogP) is 3.66. The van der Waals surface area contributed by atoms with Crippen molar-refractivity contribution in [1.29, 1.82) is 0 Å². The van der Waals surface area contributed by atoms with Gasteiger partial charge in [-0.3, -0.25) is 14.9 Å². The van der Waals surface area contributed by atoms with Gasteiger partial charge in [-0.2, -0.15) is 5.10 Å². The summed E-state index contributed by atoms with van der Waals surface area (Å²) in [5, 5.41) is 15.5. The molecule has 0 aliphatic rings. The fraction of sp³-hybridized carbons (Fsp3) is 0.167. The number of hydrogen-bond acceptors (Lipinski definition) is 5. The largest absolute Gasteiger partial charge is 0.335 e. The molecule has 9 heteroatoms. The minimum absolute atomic E-state index is 0.00187. The van der Waals surface area contributed by atoms with Gasteiger partial charge in [0.15, 0.2) is 0 Å². The second kappa shape index (κ2) is 7.55. The van der Waals surface area contributed by atoms with E-state index >= 15 is 0 Å². The highest BCUT2D eigenvalue weighted by atomic mass is 35.5. The molecule has 1 amide bonds. The number of carbonyl (C=O) groups is 1. The number of carbonyl (C=O) groups excluding carboxylic acids is 1.